The molecule has 2 rings (SSSR count). The SMILES string of the molecule is CCCCC(CC1CCOc2ccccc21)NCC. The molecular weight excluding hydrogens is 234 g/mol. The Morgan fingerprint density at radius 1 is 1.32 bits per heavy atom. The first-order valence-electron chi connectivity index (χ1n) is 7.80. The topological polar surface area (TPSA) is 21.3 Å². The molecule has 0 radical (unpaired) electrons. The van der Waals surface area contributed by atoms with Gasteiger partial charge in [-0.3, -0.25) is 0 Å². The van der Waals surface area contributed by atoms with Gasteiger partial charge in [-0.25, -0.2) is 0 Å². The van der Waals surface area contributed by atoms with E-state index in [2.05, 4.69) is 43.4 Å². The molecular formula is C17H27NO. The van der Waals surface area contributed by atoms with E-state index < -0.39 is 0 Å². The summed E-state index contributed by atoms with van der Waals surface area (Å²) in [5, 5.41) is 3.65. The first-order valence-corrected chi connectivity index (χ1v) is 7.80. The van der Waals surface area contributed by atoms with Crippen LogP contribution in [0.15, 0.2) is 24.3 Å². The number of rotatable bonds is 7. The molecule has 0 saturated carbocycles. The maximum absolute atomic E-state index is 5.76. The number of para-hydroxylation sites is 1. The highest BCUT2D eigenvalue weighted by atomic mass is 16.5. The second-order valence-electron chi connectivity index (χ2n) is 5.50. The van der Waals surface area contributed by atoms with E-state index in [9.17, 15) is 0 Å². The summed E-state index contributed by atoms with van der Waals surface area (Å²) in [7, 11) is 0. The quantitative estimate of drug-likeness (QED) is 0.797. The summed E-state index contributed by atoms with van der Waals surface area (Å²) in [6.45, 7) is 6.41. The maximum atomic E-state index is 5.76. The fraction of sp³-hybridized carbons (Fsp3) is 0.647. The van der Waals surface area contributed by atoms with Crippen molar-refractivity contribution in [1.82, 2.24) is 5.32 Å². The number of ether oxygens (including phenoxy) is 1. The molecule has 2 nitrogen and oxygen atoms in total. The first kappa shape index (κ1) is 14.4. The number of hydrogen-bond acceptors (Lipinski definition) is 2. The van der Waals surface area contributed by atoms with Crippen LogP contribution in [0.25, 0.3) is 0 Å². The summed E-state index contributed by atoms with van der Waals surface area (Å²) in [4.78, 5) is 0. The molecule has 1 aliphatic heterocycles. The van der Waals surface area contributed by atoms with Crippen LogP contribution in [0.2, 0.25) is 0 Å². The van der Waals surface area contributed by atoms with E-state index in [1.165, 1.54) is 31.2 Å². The molecule has 1 aromatic carbocycles. The van der Waals surface area contributed by atoms with Crippen LogP contribution < -0.4 is 10.1 Å². The maximum Gasteiger partial charge on any atom is 0.122 e. The standard InChI is InChI=1S/C17H27NO/c1-3-5-8-15(18-4-2)13-14-11-12-19-17-10-7-6-9-16(14)17/h6-7,9-10,14-15,18H,3-5,8,11-13H2,1-2H3. The van der Waals surface area contributed by atoms with Crippen molar-refractivity contribution in [3.8, 4) is 5.75 Å². The van der Waals surface area contributed by atoms with E-state index in [1.54, 1.807) is 0 Å². The third kappa shape index (κ3) is 3.97. The number of fused-ring (bicyclic) bond motifs is 1. The Kier molecular flexibility index (Phi) is 5.71. The fourth-order valence-electron chi connectivity index (χ4n) is 3.05. The lowest BCUT2D eigenvalue weighted by atomic mass is 9.86. The zero-order valence-electron chi connectivity index (χ0n) is 12.3. The Bertz CT molecular complexity index is 377. The average Bonchev–Trinajstić information content (AvgIpc) is 2.45. The monoisotopic (exact) mass is 261 g/mol. The van der Waals surface area contributed by atoms with Crippen LogP contribution in [-0.4, -0.2) is 19.2 Å². The van der Waals surface area contributed by atoms with Gasteiger partial charge in [0.25, 0.3) is 0 Å². The highest BCUT2D eigenvalue weighted by molar-refractivity contribution is 5.37. The summed E-state index contributed by atoms with van der Waals surface area (Å²) in [6, 6.07) is 9.20. The minimum atomic E-state index is 0.654. The third-order valence-electron chi connectivity index (χ3n) is 4.05. The van der Waals surface area contributed by atoms with Crippen molar-refractivity contribution >= 4 is 0 Å². The van der Waals surface area contributed by atoms with Crippen molar-refractivity contribution in [3.05, 3.63) is 29.8 Å². The van der Waals surface area contributed by atoms with Gasteiger partial charge in [0.05, 0.1) is 6.61 Å². The molecule has 0 fully saturated rings. The van der Waals surface area contributed by atoms with Crippen LogP contribution in [0.3, 0.4) is 0 Å². The van der Waals surface area contributed by atoms with E-state index >= 15 is 0 Å². The fourth-order valence-corrected chi connectivity index (χ4v) is 3.05. The van der Waals surface area contributed by atoms with Crippen molar-refractivity contribution in [2.24, 2.45) is 0 Å². The van der Waals surface area contributed by atoms with Gasteiger partial charge >= 0.3 is 0 Å². The summed E-state index contributed by atoms with van der Waals surface area (Å²) in [5.41, 5.74) is 1.41. The van der Waals surface area contributed by atoms with E-state index in [-0.39, 0.29) is 0 Å². The molecule has 2 unspecified atom stereocenters. The zero-order chi connectivity index (χ0) is 13.5. The number of nitrogens with one attached hydrogen (secondary N) is 1. The molecule has 2 heteroatoms. The van der Waals surface area contributed by atoms with Gasteiger partial charge in [0, 0.05) is 6.04 Å². The zero-order valence-corrected chi connectivity index (χ0v) is 12.3. The predicted molar refractivity (Wildman–Crippen MR) is 80.9 cm³/mol. The smallest absolute Gasteiger partial charge is 0.122 e. The minimum Gasteiger partial charge on any atom is -0.493 e. The summed E-state index contributed by atoms with van der Waals surface area (Å²) >= 11 is 0. The highest BCUT2D eigenvalue weighted by Crippen LogP contribution is 2.36. The van der Waals surface area contributed by atoms with Gasteiger partial charge in [-0.05, 0) is 43.4 Å². The van der Waals surface area contributed by atoms with E-state index in [0.29, 0.717) is 12.0 Å². The molecule has 0 bridgehead atoms. The molecule has 106 valence electrons. The van der Waals surface area contributed by atoms with Crippen LogP contribution >= 0.6 is 0 Å². The molecule has 19 heavy (non-hydrogen) atoms. The predicted octanol–water partition coefficient (Wildman–Crippen LogP) is 4.11. The highest BCUT2D eigenvalue weighted by Gasteiger charge is 2.23. The number of unbranched alkanes of at least 4 members (excludes halogenated alkanes) is 1. The van der Waals surface area contributed by atoms with Gasteiger partial charge in [-0.15, -0.1) is 0 Å². The van der Waals surface area contributed by atoms with Crippen molar-refractivity contribution < 1.29 is 4.74 Å². The molecule has 1 N–H and O–H groups in total. The van der Waals surface area contributed by atoms with Crippen LogP contribution in [-0.2, 0) is 0 Å². The Labute approximate surface area is 117 Å². The van der Waals surface area contributed by atoms with Gasteiger partial charge in [-0.1, -0.05) is 44.9 Å². The molecule has 1 heterocycles. The third-order valence-corrected chi connectivity index (χ3v) is 4.05. The van der Waals surface area contributed by atoms with Gasteiger partial charge in [0.15, 0.2) is 0 Å². The molecule has 0 amide bonds. The van der Waals surface area contributed by atoms with Crippen LogP contribution in [0.1, 0.15) is 57.4 Å². The minimum absolute atomic E-state index is 0.654. The second-order valence-corrected chi connectivity index (χ2v) is 5.50. The lowest BCUT2D eigenvalue weighted by Crippen LogP contribution is -2.31. The van der Waals surface area contributed by atoms with Crippen LogP contribution in [0, 0.1) is 0 Å². The van der Waals surface area contributed by atoms with Crippen LogP contribution in [0.5, 0.6) is 5.75 Å². The second kappa shape index (κ2) is 7.54. The van der Waals surface area contributed by atoms with Gasteiger partial charge in [-0.2, -0.15) is 0 Å². The molecule has 1 aromatic rings. The Hall–Kier alpha value is -1.02. The Morgan fingerprint density at radius 3 is 2.95 bits per heavy atom. The van der Waals surface area contributed by atoms with E-state index in [1.807, 2.05) is 0 Å². The Morgan fingerprint density at radius 2 is 2.16 bits per heavy atom. The molecule has 2 atom stereocenters. The van der Waals surface area contributed by atoms with E-state index in [0.717, 1.165) is 25.3 Å². The molecule has 0 aliphatic carbocycles. The first-order chi connectivity index (χ1) is 9.35. The van der Waals surface area contributed by atoms with Crippen molar-refractivity contribution in [2.75, 3.05) is 13.2 Å². The van der Waals surface area contributed by atoms with Gasteiger partial charge in [0.2, 0.25) is 0 Å². The molecule has 0 aromatic heterocycles. The summed E-state index contributed by atoms with van der Waals surface area (Å²) in [5.74, 6) is 1.76. The van der Waals surface area contributed by atoms with Crippen molar-refractivity contribution in [1.29, 1.82) is 0 Å². The number of benzene rings is 1. The van der Waals surface area contributed by atoms with Crippen molar-refractivity contribution in [3.63, 3.8) is 0 Å². The van der Waals surface area contributed by atoms with E-state index in [4.69, 9.17) is 4.74 Å². The summed E-state index contributed by atoms with van der Waals surface area (Å²) < 4.78 is 5.76. The lowest BCUT2D eigenvalue weighted by molar-refractivity contribution is 0.253. The number of hydrogen-bond donors (Lipinski definition) is 1. The Balaban J connectivity index is 2.01. The summed E-state index contributed by atoms with van der Waals surface area (Å²) in [6.07, 6.45) is 6.30. The average molecular weight is 261 g/mol. The largest absolute Gasteiger partial charge is 0.493 e. The molecule has 1 aliphatic rings. The normalized spacial score (nSPS) is 19.6. The van der Waals surface area contributed by atoms with Gasteiger partial charge in [0.1, 0.15) is 5.75 Å². The van der Waals surface area contributed by atoms with Gasteiger partial charge < -0.3 is 10.1 Å². The van der Waals surface area contributed by atoms with Crippen LogP contribution in [0.4, 0.5) is 0 Å². The molecule has 0 saturated heterocycles. The van der Waals surface area contributed by atoms with Crippen molar-refractivity contribution in [2.45, 2.75) is 57.9 Å². The molecule has 0 spiro atoms. The lowest BCUT2D eigenvalue weighted by Gasteiger charge is -2.29.